The van der Waals surface area contributed by atoms with Gasteiger partial charge >= 0.3 is 5.97 Å². The summed E-state index contributed by atoms with van der Waals surface area (Å²) in [5.74, 6) is -3.46. The number of rotatable bonds is 4. The van der Waals surface area contributed by atoms with E-state index in [0.29, 0.717) is 25.5 Å². The van der Waals surface area contributed by atoms with E-state index >= 15 is 0 Å². The second kappa shape index (κ2) is 8.56. The van der Waals surface area contributed by atoms with Gasteiger partial charge < -0.3 is 10.4 Å². The number of nitrogens with zero attached hydrogens (tertiary/aromatic N) is 1. The van der Waals surface area contributed by atoms with Gasteiger partial charge in [0.1, 0.15) is 5.82 Å². The third kappa shape index (κ3) is 5.40. The molecule has 1 unspecified atom stereocenters. The number of carbonyl (C=O) groups excluding carboxylic acids is 1. The van der Waals surface area contributed by atoms with Crippen LogP contribution in [0.3, 0.4) is 0 Å². The van der Waals surface area contributed by atoms with Crippen LogP contribution >= 0.6 is 28.3 Å². The third-order valence-electron chi connectivity index (χ3n) is 3.49. The lowest BCUT2D eigenvalue weighted by Gasteiger charge is -2.29. The van der Waals surface area contributed by atoms with Crippen molar-refractivity contribution in [1.82, 2.24) is 4.90 Å². The van der Waals surface area contributed by atoms with E-state index in [1.807, 2.05) is 0 Å². The van der Waals surface area contributed by atoms with E-state index in [4.69, 9.17) is 5.11 Å². The van der Waals surface area contributed by atoms with Crippen LogP contribution in [0.1, 0.15) is 12.8 Å². The van der Waals surface area contributed by atoms with Crippen molar-refractivity contribution in [2.45, 2.75) is 12.8 Å². The number of carboxylic acids is 1. The van der Waals surface area contributed by atoms with E-state index in [0.717, 1.165) is 6.07 Å². The smallest absolute Gasteiger partial charge is 0.307 e. The molecule has 0 aliphatic carbocycles. The molecule has 1 aliphatic heterocycles. The first-order valence-electron chi connectivity index (χ1n) is 6.76. The molecule has 1 heterocycles. The van der Waals surface area contributed by atoms with Gasteiger partial charge in [0, 0.05) is 17.1 Å². The Morgan fingerprint density at radius 3 is 2.70 bits per heavy atom. The molecule has 23 heavy (non-hydrogen) atoms. The minimum absolute atomic E-state index is 0. The fraction of sp³-hybridized carbons (Fsp3) is 0.429. The zero-order valence-electron chi connectivity index (χ0n) is 12.0. The van der Waals surface area contributed by atoms with E-state index in [1.54, 1.807) is 4.90 Å². The zero-order valence-corrected chi connectivity index (χ0v) is 14.4. The van der Waals surface area contributed by atoms with E-state index < -0.39 is 29.4 Å². The summed E-state index contributed by atoms with van der Waals surface area (Å²) in [5, 5.41) is 11.4. The summed E-state index contributed by atoms with van der Waals surface area (Å²) in [4.78, 5) is 24.7. The Kier molecular flexibility index (Phi) is 7.37. The topological polar surface area (TPSA) is 69.6 Å². The molecule has 1 aliphatic rings. The molecule has 9 heteroatoms. The predicted molar refractivity (Wildman–Crippen MR) is 86.7 cm³/mol. The number of likely N-dealkylation sites (tertiary alicyclic amines) is 1. The Hall–Kier alpha value is -1.25. The van der Waals surface area contributed by atoms with Crippen LogP contribution in [0.5, 0.6) is 0 Å². The zero-order chi connectivity index (χ0) is 16.3. The minimum Gasteiger partial charge on any atom is -0.481 e. The van der Waals surface area contributed by atoms with E-state index in [1.165, 1.54) is 0 Å². The molecular formula is C14H16BrClF2N2O3. The molecule has 1 saturated heterocycles. The van der Waals surface area contributed by atoms with Gasteiger partial charge in [-0.1, -0.05) is 0 Å². The highest BCUT2D eigenvalue weighted by atomic mass is 79.9. The molecule has 0 saturated carbocycles. The first-order chi connectivity index (χ1) is 10.4. The van der Waals surface area contributed by atoms with Crippen molar-refractivity contribution in [3.05, 3.63) is 28.2 Å². The summed E-state index contributed by atoms with van der Waals surface area (Å²) in [6.45, 7) is 0.868. The number of hydrogen-bond acceptors (Lipinski definition) is 3. The molecule has 1 fully saturated rings. The van der Waals surface area contributed by atoms with Crippen molar-refractivity contribution in [2.75, 3.05) is 25.0 Å². The lowest BCUT2D eigenvalue weighted by atomic mass is 9.98. The maximum absolute atomic E-state index is 13.6. The first-order valence-corrected chi connectivity index (χ1v) is 7.55. The number of amides is 1. The Bertz CT molecular complexity index is 580. The number of hydrogen-bond donors (Lipinski definition) is 2. The monoisotopic (exact) mass is 412 g/mol. The molecule has 128 valence electrons. The van der Waals surface area contributed by atoms with Crippen LogP contribution in [0, 0.1) is 17.6 Å². The minimum atomic E-state index is -0.877. The number of carbonyl (C=O) groups is 2. The lowest BCUT2D eigenvalue weighted by Crippen LogP contribution is -2.42. The van der Waals surface area contributed by atoms with Gasteiger partial charge in [-0.25, -0.2) is 8.78 Å². The van der Waals surface area contributed by atoms with Crippen LogP contribution in [0.4, 0.5) is 14.5 Å². The van der Waals surface area contributed by atoms with Crippen molar-refractivity contribution in [2.24, 2.45) is 5.92 Å². The molecule has 2 rings (SSSR count). The average molecular weight is 414 g/mol. The van der Waals surface area contributed by atoms with Gasteiger partial charge in [-0.3, -0.25) is 14.5 Å². The van der Waals surface area contributed by atoms with Gasteiger partial charge in [0.15, 0.2) is 5.82 Å². The average Bonchev–Trinajstić information content (AvgIpc) is 2.43. The Morgan fingerprint density at radius 1 is 1.39 bits per heavy atom. The second-order valence-electron chi connectivity index (χ2n) is 5.21. The van der Waals surface area contributed by atoms with Crippen LogP contribution < -0.4 is 5.32 Å². The summed E-state index contributed by atoms with van der Waals surface area (Å²) in [6.07, 6.45) is 1.28. The van der Waals surface area contributed by atoms with Crippen molar-refractivity contribution >= 4 is 45.9 Å². The number of piperidine rings is 1. The van der Waals surface area contributed by atoms with Gasteiger partial charge in [0.25, 0.3) is 0 Å². The molecule has 0 radical (unpaired) electrons. The highest BCUT2D eigenvalue weighted by Crippen LogP contribution is 2.27. The fourth-order valence-corrected chi connectivity index (χ4v) is 2.95. The van der Waals surface area contributed by atoms with Crippen LogP contribution in [0.15, 0.2) is 16.6 Å². The van der Waals surface area contributed by atoms with Gasteiger partial charge in [0.05, 0.1) is 18.2 Å². The van der Waals surface area contributed by atoms with Gasteiger partial charge in [-0.15, -0.1) is 12.4 Å². The van der Waals surface area contributed by atoms with Crippen molar-refractivity contribution < 1.29 is 23.5 Å². The molecule has 5 nitrogen and oxygen atoms in total. The number of nitrogens with one attached hydrogen (secondary N) is 1. The van der Waals surface area contributed by atoms with Crippen LogP contribution in [-0.2, 0) is 9.59 Å². The van der Waals surface area contributed by atoms with Crippen LogP contribution in [0.25, 0.3) is 0 Å². The second-order valence-corrected chi connectivity index (χ2v) is 6.06. The van der Waals surface area contributed by atoms with Crippen LogP contribution in [0.2, 0.25) is 0 Å². The third-order valence-corrected chi connectivity index (χ3v) is 4.12. The van der Waals surface area contributed by atoms with E-state index in [2.05, 4.69) is 21.2 Å². The van der Waals surface area contributed by atoms with Crippen molar-refractivity contribution in [1.29, 1.82) is 0 Å². The van der Waals surface area contributed by atoms with Crippen molar-refractivity contribution in [3.63, 3.8) is 0 Å². The summed E-state index contributed by atoms with van der Waals surface area (Å²) in [7, 11) is 0. The Balaban J connectivity index is 0.00000264. The molecule has 1 atom stereocenters. The fourth-order valence-electron chi connectivity index (χ4n) is 2.44. The summed E-state index contributed by atoms with van der Waals surface area (Å²) in [6, 6.07) is 1.74. The lowest BCUT2D eigenvalue weighted by molar-refractivity contribution is -0.144. The van der Waals surface area contributed by atoms with Crippen molar-refractivity contribution in [3.8, 4) is 0 Å². The standard InChI is InChI=1S/C14H15BrF2N2O3.ClH/c15-10-4-9(16)5-11(17)13(10)18-12(20)7-19-3-1-2-8(6-19)14(21)22;/h4-5,8H,1-3,6-7H2,(H,18,20)(H,21,22);1H. The number of anilines is 1. The molecule has 0 aromatic heterocycles. The summed E-state index contributed by atoms with van der Waals surface area (Å²) >= 11 is 2.99. The molecule has 1 aromatic carbocycles. The predicted octanol–water partition coefficient (Wildman–Crippen LogP) is 2.88. The van der Waals surface area contributed by atoms with Gasteiger partial charge in [0.2, 0.25) is 5.91 Å². The summed E-state index contributed by atoms with van der Waals surface area (Å²) < 4.78 is 26.7. The number of halogens is 4. The first kappa shape index (κ1) is 19.8. The van der Waals surface area contributed by atoms with E-state index in [-0.39, 0.29) is 35.7 Å². The quantitative estimate of drug-likeness (QED) is 0.796. The Morgan fingerprint density at radius 2 is 2.09 bits per heavy atom. The molecule has 1 aromatic rings. The Labute approximate surface area is 146 Å². The SMILES string of the molecule is Cl.O=C(CN1CCCC(C(=O)O)C1)Nc1c(F)cc(F)cc1Br. The normalized spacial score (nSPS) is 18.1. The molecule has 1 amide bonds. The maximum Gasteiger partial charge on any atom is 0.307 e. The van der Waals surface area contributed by atoms with E-state index in [9.17, 15) is 18.4 Å². The van der Waals surface area contributed by atoms with Gasteiger partial charge in [-0.05, 0) is 41.4 Å². The molecule has 0 bridgehead atoms. The highest BCUT2D eigenvalue weighted by molar-refractivity contribution is 9.10. The molecular weight excluding hydrogens is 398 g/mol. The number of aliphatic carboxylic acids is 1. The number of carboxylic acid groups (broad SMARTS) is 1. The molecule has 2 N–H and O–H groups in total. The van der Waals surface area contributed by atoms with Gasteiger partial charge in [-0.2, -0.15) is 0 Å². The number of benzene rings is 1. The molecule has 0 spiro atoms. The highest BCUT2D eigenvalue weighted by Gasteiger charge is 2.26. The van der Waals surface area contributed by atoms with Crippen LogP contribution in [-0.4, -0.2) is 41.5 Å². The maximum atomic E-state index is 13.6. The largest absolute Gasteiger partial charge is 0.481 e. The summed E-state index contributed by atoms with van der Waals surface area (Å²) in [5.41, 5.74) is -0.127.